The van der Waals surface area contributed by atoms with Crippen molar-refractivity contribution in [2.45, 2.75) is 25.6 Å². The molecular formula is C10H11AcF3N-. The largest absolute Gasteiger partial charge is 0.671 e. The molecule has 1 aromatic rings. The monoisotopic (exact) mass is 429 g/mol. The normalized spacial score (nSPS) is 13.1. The van der Waals surface area contributed by atoms with Crippen LogP contribution in [0.1, 0.15) is 30.5 Å². The van der Waals surface area contributed by atoms with Crippen molar-refractivity contribution in [1.29, 1.82) is 0 Å². The molecule has 1 rings (SSSR count). The van der Waals surface area contributed by atoms with Gasteiger partial charge in [0, 0.05) is 44.1 Å². The Morgan fingerprint density at radius 1 is 1.20 bits per heavy atom. The Bertz CT molecular complexity index is 295. The maximum Gasteiger partial charge on any atom is 0.416 e. The number of halogens is 3. The van der Waals surface area contributed by atoms with Crippen molar-refractivity contribution in [1.82, 2.24) is 0 Å². The van der Waals surface area contributed by atoms with Gasteiger partial charge in [0.15, 0.2) is 0 Å². The van der Waals surface area contributed by atoms with Gasteiger partial charge in [0.05, 0.1) is 5.56 Å². The van der Waals surface area contributed by atoms with Crippen LogP contribution in [0.25, 0.3) is 5.73 Å². The first kappa shape index (κ1) is 15.4. The zero-order valence-corrected chi connectivity index (χ0v) is 13.1. The molecule has 1 atom stereocenters. The third-order valence-electron chi connectivity index (χ3n) is 2.05. The van der Waals surface area contributed by atoms with Crippen LogP contribution in [0.2, 0.25) is 0 Å². The van der Waals surface area contributed by atoms with Crippen LogP contribution >= 0.6 is 0 Å². The van der Waals surface area contributed by atoms with E-state index in [0.717, 1.165) is 12.1 Å². The Morgan fingerprint density at radius 2 is 1.67 bits per heavy atom. The predicted octanol–water partition coefficient (Wildman–Crippen LogP) is 4.21. The number of nitrogens with one attached hydrogen (secondary N) is 1. The number of hydrogen-bond donors (Lipinski definition) is 0. The van der Waals surface area contributed by atoms with Crippen LogP contribution in [0, 0.1) is 44.1 Å². The molecule has 1 nitrogen and oxygen atoms in total. The molecular weight excluding hydrogens is 418 g/mol. The summed E-state index contributed by atoms with van der Waals surface area (Å²) in [7, 11) is 0. The third kappa shape index (κ3) is 4.42. The van der Waals surface area contributed by atoms with Crippen LogP contribution < -0.4 is 0 Å². The summed E-state index contributed by atoms with van der Waals surface area (Å²) in [5, 5.41) is 0. The van der Waals surface area contributed by atoms with E-state index in [4.69, 9.17) is 5.73 Å². The molecule has 0 spiro atoms. The first-order valence-corrected chi connectivity index (χ1v) is 4.33. The second-order valence-corrected chi connectivity index (χ2v) is 3.08. The smallest absolute Gasteiger partial charge is 0.416 e. The number of benzene rings is 1. The first-order valence-electron chi connectivity index (χ1n) is 4.33. The molecule has 0 aliphatic carbocycles. The van der Waals surface area contributed by atoms with Crippen molar-refractivity contribution >= 4 is 0 Å². The Hall–Kier alpha value is 0.412. The van der Waals surface area contributed by atoms with E-state index in [2.05, 4.69) is 0 Å². The molecule has 0 saturated heterocycles. The summed E-state index contributed by atoms with van der Waals surface area (Å²) < 4.78 is 36.5. The van der Waals surface area contributed by atoms with Crippen LogP contribution in [-0.2, 0) is 6.18 Å². The molecule has 0 amide bonds. The zero-order chi connectivity index (χ0) is 10.8. The molecule has 0 aliphatic rings. The molecule has 0 saturated carbocycles. The Labute approximate surface area is 123 Å². The fourth-order valence-electron chi connectivity index (χ4n) is 1.14. The molecule has 0 heterocycles. The van der Waals surface area contributed by atoms with Crippen molar-refractivity contribution in [3.8, 4) is 0 Å². The van der Waals surface area contributed by atoms with E-state index in [1.807, 2.05) is 6.92 Å². The standard InChI is InChI=1S/C10H11F3N.Ac/c1-2-9(14)7-3-5-8(6-4-7)10(11,12)13;/h3-6,9,14H,2H2,1H3;/q-1;. The average Bonchev–Trinajstić information content (AvgIpc) is 2.15. The third-order valence-corrected chi connectivity index (χ3v) is 2.05. The molecule has 1 unspecified atom stereocenters. The van der Waals surface area contributed by atoms with Crippen molar-refractivity contribution < 1.29 is 57.2 Å². The summed E-state index contributed by atoms with van der Waals surface area (Å²) in [6.07, 6.45) is -3.69. The van der Waals surface area contributed by atoms with E-state index in [1.54, 1.807) is 0 Å². The maximum absolute atomic E-state index is 12.2. The van der Waals surface area contributed by atoms with Crippen LogP contribution in [0.4, 0.5) is 13.2 Å². The molecule has 1 N–H and O–H groups in total. The van der Waals surface area contributed by atoms with Crippen LogP contribution in [0.5, 0.6) is 0 Å². The van der Waals surface area contributed by atoms with Gasteiger partial charge in [0.1, 0.15) is 0 Å². The van der Waals surface area contributed by atoms with Gasteiger partial charge in [0.25, 0.3) is 0 Å². The fraction of sp³-hybridized carbons (Fsp3) is 0.400. The van der Waals surface area contributed by atoms with E-state index in [0.29, 0.717) is 12.0 Å². The second-order valence-electron chi connectivity index (χ2n) is 3.08. The molecule has 81 valence electrons. The fourth-order valence-corrected chi connectivity index (χ4v) is 1.14. The Balaban J connectivity index is 0.00000196. The average molecular weight is 429 g/mol. The van der Waals surface area contributed by atoms with Gasteiger partial charge in [-0.25, -0.2) is 0 Å². The van der Waals surface area contributed by atoms with Crippen LogP contribution in [0.15, 0.2) is 24.3 Å². The molecule has 0 bridgehead atoms. The molecule has 1 radical (unpaired) electrons. The van der Waals surface area contributed by atoms with Gasteiger partial charge in [0.2, 0.25) is 0 Å². The van der Waals surface area contributed by atoms with Crippen molar-refractivity contribution in [3.05, 3.63) is 41.1 Å². The predicted molar refractivity (Wildman–Crippen MR) is 48.8 cm³/mol. The van der Waals surface area contributed by atoms with Gasteiger partial charge < -0.3 is 5.73 Å². The van der Waals surface area contributed by atoms with Crippen molar-refractivity contribution in [3.63, 3.8) is 0 Å². The van der Waals surface area contributed by atoms with Gasteiger partial charge in [-0.2, -0.15) is 13.2 Å². The minimum absolute atomic E-state index is 0. The van der Waals surface area contributed by atoms with Crippen LogP contribution in [0.3, 0.4) is 0 Å². The number of alkyl halides is 3. The Kier molecular flexibility index (Phi) is 6.39. The quantitative estimate of drug-likeness (QED) is 0.673. The summed E-state index contributed by atoms with van der Waals surface area (Å²) in [4.78, 5) is 0. The van der Waals surface area contributed by atoms with Gasteiger partial charge >= 0.3 is 6.18 Å². The number of hydrogen-bond acceptors (Lipinski definition) is 0. The topological polar surface area (TPSA) is 23.8 Å². The van der Waals surface area contributed by atoms with Gasteiger partial charge in [-0.3, -0.25) is 0 Å². The molecule has 0 aromatic heterocycles. The Morgan fingerprint density at radius 3 is 2.00 bits per heavy atom. The van der Waals surface area contributed by atoms with Gasteiger partial charge in [-0.05, 0) is 12.1 Å². The maximum atomic E-state index is 12.2. The van der Waals surface area contributed by atoms with E-state index >= 15 is 0 Å². The van der Waals surface area contributed by atoms with Gasteiger partial charge in [-0.15, -0.1) is 6.04 Å². The van der Waals surface area contributed by atoms with E-state index in [1.165, 1.54) is 12.1 Å². The van der Waals surface area contributed by atoms with E-state index < -0.39 is 17.8 Å². The summed E-state index contributed by atoms with van der Waals surface area (Å²) >= 11 is 0. The summed E-state index contributed by atoms with van der Waals surface area (Å²) in [6, 6.07) is 4.34. The minimum Gasteiger partial charge on any atom is -0.671 e. The molecule has 15 heavy (non-hydrogen) atoms. The first-order chi connectivity index (χ1) is 6.45. The van der Waals surface area contributed by atoms with Crippen molar-refractivity contribution in [2.24, 2.45) is 0 Å². The summed E-state index contributed by atoms with van der Waals surface area (Å²) in [5.74, 6) is 0. The molecule has 0 aliphatic heterocycles. The van der Waals surface area contributed by atoms with E-state index in [9.17, 15) is 13.2 Å². The zero-order valence-electron chi connectivity index (χ0n) is 8.31. The van der Waals surface area contributed by atoms with Crippen molar-refractivity contribution in [2.75, 3.05) is 0 Å². The van der Waals surface area contributed by atoms with Gasteiger partial charge in [-0.1, -0.05) is 31.0 Å². The second kappa shape index (κ2) is 6.22. The molecule has 0 fully saturated rings. The summed E-state index contributed by atoms with van der Waals surface area (Å²) in [6.45, 7) is 1.83. The minimum atomic E-state index is -4.29. The molecule has 1 aromatic carbocycles. The molecule has 5 heteroatoms. The number of rotatable bonds is 2. The van der Waals surface area contributed by atoms with E-state index in [-0.39, 0.29) is 44.1 Å². The SMILES string of the molecule is CCC([NH-])c1ccc(C(F)(F)F)cc1.[Ac]. The summed E-state index contributed by atoms with van der Waals surface area (Å²) in [5.41, 5.74) is 7.47. The van der Waals surface area contributed by atoms with Crippen LogP contribution in [-0.4, -0.2) is 0 Å².